The predicted molar refractivity (Wildman–Crippen MR) is 107 cm³/mol. The third-order valence-corrected chi connectivity index (χ3v) is 6.94. The number of nitrogens with zero attached hydrogens (tertiary/aromatic N) is 3. The summed E-state index contributed by atoms with van der Waals surface area (Å²) in [7, 11) is -1.49. The molecule has 0 saturated carbocycles. The second-order valence-electron chi connectivity index (χ2n) is 9.26. The fraction of sp³-hybridized carbons (Fsp3) is 0.667. The van der Waals surface area contributed by atoms with Crippen molar-refractivity contribution in [1.82, 2.24) is 14.8 Å². The third kappa shape index (κ3) is 4.03. The lowest BCUT2D eigenvalue weighted by molar-refractivity contribution is 0.00578. The molecule has 8 heteroatoms. The Hall–Kier alpha value is -1.22. The second-order valence-corrected chi connectivity index (χ2v) is 14.9. The van der Waals surface area contributed by atoms with Gasteiger partial charge in [0.1, 0.15) is 6.73 Å². The summed E-state index contributed by atoms with van der Waals surface area (Å²) in [6.07, 6.45) is 3.63. The van der Waals surface area contributed by atoms with E-state index in [2.05, 4.69) is 57.4 Å². The summed E-state index contributed by atoms with van der Waals surface area (Å²) in [6.45, 7) is 16.4. The van der Waals surface area contributed by atoms with E-state index in [9.17, 15) is 0 Å². The van der Waals surface area contributed by atoms with Crippen molar-refractivity contribution in [3.05, 3.63) is 18.5 Å². The van der Waals surface area contributed by atoms with Crippen molar-refractivity contribution in [3.63, 3.8) is 0 Å². The Labute approximate surface area is 157 Å². The van der Waals surface area contributed by atoms with Gasteiger partial charge in [0, 0.05) is 31.7 Å². The number of hydrogen-bond donors (Lipinski definition) is 0. The van der Waals surface area contributed by atoms with Gasteiger partial charge in [-0.05, 0) is 39.8 Å². The minimum Gasteiger partial charge on any atom is -0.399 e. The van der Waals surface area contributed by atoms with Gasteiger partial charge in [-0.2, -0.15) is 5.10 Å². The Balaban J connectivity index is 1.70. The third-order valence-electron chi connectivity index (χ3n) is 5.23. The largest absolute Gasteiger partial charge is 0.496 e. The van der Waals surface area contributed by atoms with E-state index in [1.807, 2.05) is 18.5 Å². The number of aromatic nitrogens is 3. The van der Waals surface area contributed by atoms with E-state index in [1.54, 1.807) is 4.68 Å². The number of fused-ring (bicyclic) bond motifs is 1. The molecule has 1 saturated heterocycles. The van der Waals surface area contributed by atoms with Crippen LogP contribution in [0, 0.1) is 0 Å². The highest BCUT2D eigenvalue weighted by Gasteiger charge is 2.51. The van der Waals surface area contributed by atoms with Crippen LogP contribution in [0.5, 0.6) is 0 Å². The highest BCUT2D eigenvalue weighted by Crippen LogP contribution is 2.36. The first-order valence-electron chi connectivity index (χ1n) is 9.23. The lowest BCUT2D eigenvalue weighted by Gasteiger charge is -2.32. The lowest BCUT2D eigenvalue weighted by Crippen LogP contribution is -2.41. The summed E-state index contributed by atoms with van der Waals surface area (Å²) in [6, 6.07) is 3.18. The Morgan fingerprint density at radius 3 is 2.38 bits per heavy atom. The van der Waals surface area contributed by atoms with Gasteiger partial charge in [-0.1, -0.05) is 19.6 Å². The minimum absolute atomic E-state index is 0.360. The Kier molecular flexibility index (Phi) is 5.07. The van der Waals surface area contributed by atoms with Gasteiger partial charge in [-0.3, -0.25) is 0 Å². The monoisotopic (exact) mass is 375 g/mol. The van der Waals surface area contributed by atoms with E-state index in [-0.39, 0.29) is 11.2 Å². The molecule has 6 nitrogen and oxygen atoms in total. The molecule has 0 aromatic carbocycles. The number of pyridine rings is 1. The van der Waals surface area contributed by atoms with Gasteiger partial charge in [0.05, 0.1) is 17.4 Å². The highest BCUT2D eigenvalue weighted by molar-refractivity contribution is 6.76. The zero-order valence-electron chi connectivity index (χ0n) is 17.0. The molecule has 3 rings (SSSR count). The number of rotatable bonds is 6. The molecule has 2 aromatic heterocycles. The van der Waals surface area contributed by atoms with Crippen LogP contribution in [0.15, 0.2) is 18.5 Å². The predicted octanol–water partition coefficient (Wildman–Crippen LogP) is 3.04. The van der Waals surface area contributed by atoms with Crippen molar-refractivity contribution in [2.45, 2.75) is 71.3 Å². The zero-order valence-corrected chi connectivity index (χ0v) is 18.0. The summed E-state index contributed by atoms with van der Waals surface area (Å²) < 4.78 is 19.8. The van der Waals surface area contributed by atoms with Crippen LogP contribution in [0.3, 0.4) is 0 Å². The molecule has 26 heavy (non-hydrogen) atoms. The molecule has 1 fully saturated rings. The first kappa shape index (κ1) is 19.5. The van der Waals surface area contributed by atoms with Crippen molar-refractivity contribution in [2.24, 2.45) is 0 Å². The molecule has 0 bridgehead atoms. The fourth-order valence-corrected chi connectivity index (χ4v) is 3.48. The quantitative estimate of drug-likeness (QED) is 0.574. The van der Waals surface area contributed by atoms with Crippen LogP contribution >= 0.6 is 0 Å². The van der Waals surface area contributed by atoms with Crippen LogP contribution in [0.4, 0.5) is 0 Å². The number of hydrogen-bond acceptors (Lipinski definition) is 5. The Morgan fingerprint density at radius 2 is 1.77 bits per heavy atom. The SMILES string of the molecule is CC1(C)OB(c2cnc3c(cnn3COCC[Si](C)(C)C)c2)OC1(C)C. The van der Waals surface area contributed by atoms with Gasteiger partial charge in [-0.15, -0.1) is 0 Å². The molecule has 142 valence electrons. The summed E-state index contributed by atoms with van der Waals surface area (Å²) in [5.74, 6) is 0. The fourth-order valence-electron chi connectivity index (χ4n) is 2.72. The van der Waals surface area contributed by atoms with Gasteiger partial charge >= 0.3 is 7.12 Å². The first-order chi connectivity index (χ1) is 12.0. The molecule has 0 amide bonds. The van der Waals surface area contributed by atoms with Crippen molar-refractivity contribution < 1.29 is 14.0 Å². The molecule has 0 atom stereocenters. The summed E-state index contributed by atoms with van der Waals surface area (Å²) in [4.78, 5) is 4.58. The molecule has 1 aliphatic heterocycles. The van der Waals surface area contributed by atoms with E-state index in [0.29, 0.717) is 6.73 Å². The molecule has 2 aromatic rings. The maximum absolute atomic E-state index is 6.11. The molecule has 0 aliphatic carbocycles. The topological polar surface area (TPSA) is 58.4 Å². The average Bonchev–Trinajstić information content (AvgIpc) is 3.00. The molecule has 0 radical (unpaired) electrons. The number of ether oxygens (including phenoxy) is 1. The van der Waals surface area contributed by atoms with Gasteiger partial charge in [0.25, 0.3) is 0 Å². The van der Waals surface area contributed by atoms with Crippen LogP contribution in [-0.2, 0) is 20.8 Å². The smallest absolute Gasteiger partial charge is 0.399 e. The normalized spacial score (nSPS) is 19.4. The Morgan fingerprint density at radius 1 is 1.12 bits per heavy atom. The Bertz CT molecular complexity index is 770. The summed E-state index contributed by atoms with van der Waals surface area (Å²) in [5.41, 5.74) is 1.01. The van der Waals surface area contributed by atoms with E-state index >= 15 is 0 Å². The molecular formula is C18H30BN3O3Si. The molecule has 1 aliphatic rings. The second kappa shape index (κ2) is 6.74. The van der Waals surface area contributed by atoms with Crippen molar-refractivity contribution >= 4 is 31.7 Å². The lowest BCUT2D eigenvalue weighted by atomic mass is 9.80. The average molecular weight is 375 g/mol. The van der Waals surface area contributed by atoms with Crippen LogP contribution in [-0.4, -0.2) is 47.8 Å². The van der Waals surface area contributed by atoms with Crippen molar-refractivity contribution in [1.29, 1.82) is 0 Å². The first-order valence-corrected chi connectivity index (χ1v) is 12.9. The van der Waals surface area contributed by atoms with E-state index < -0.39 is 15.2 Å². The van der Waals surface area contributed by atoms with E-state index in [0.717, 1.165) is 29.1 Å². The summed E-state index contributed by atoms with van der Waals surface area (Å²) in [5, 5.41) is 5.38. The maximum Gasteiger partial charge on any atom is 0.496 e. The standard InChI is InChI=1S/C18H30BN3O3Si/c1-17(2)18(3,4)25-19(24-17)15-10-14-11-21-22(16(14)20-12-15)13-23-8-9-26(5,6)7/h10-12H,8-9,13H2,1-7H3. The highest BCUT2D eigenvalue weighted by atomic mass is 28.3. The zero-order chi connectivity index (χ0) is 19.2. The van der Waals surface area contributed by atoms with Gasteiger partial charge in [-0.25, -0.2) is 9.67 Å². The van der Waals surface area contributed by atoms with Gasteiger partial charge < -0.3 is 14.0 Å². The van der Waals surface area contributed by atoms with Crippen LogP contribution < -0.4 is 5.46 Å². The molecule has 0 N–H and O–H groups in total. The minimum atomic E-state index is -1.08. The van der Waals surface area contributed by atoms with E-state index in [4.69, 9.17) is 14.0 Å². The summed E-state index contributed by atoms with van der Waals surface area (Å²) >= 11 is 0. The van der Waals surface area contributed by atoms with Crippen LogP contribution in [0.25, 0.3) is 11.0 Å². The van der Waals surface area contributed by atoms with E-state index in [1.165, 1.54) is 0 Å². The molecule has 3 heterocycles. The molecule has 0 unspecified atom stereocenters. The molecular weight excluding hydrogens is 345 g/mol. The maximum atomic E-state index is 6.11. The molecule has 0 spiro atoms. The van der Waals surface area contributed by atoms with Crippen LogP contribution in [0.2, 0.25) is 25.7 Å². The van der Waals surface area contributed by atoms with Crippen LogP contribution in [0.1, 0.15) is 27.7 Å². The van der Waals surface area contributed by atoms with Crippen molar-refractivity contribution in [3.8, 4) is 0 Å². The van der Waals surface area contributed by atoms with Gasteiger partial charge in [0.15, 0.2) is 5.65 Å². The van der Waals surface area contributed by atoms with Gasteiger partial charge in [0.2, 0.25) is 0 Å². The van der Waals surface area contributed by atoms with Crippen molar-refractivity contribution in [2.75, 3.05) is 6.61 Å².